The summed E-state index contributed by atoms with van der Waals surface area (Å²) in [6.45, 7) is 2.83. The van der Waals surface area contributed by atoms with E-state index in [0.29, 0.717) is 10.6 Å². The molecule has 6 N–H and O–H groups in total. The van der Waals surface area contributed by atoms with Gasteiger partial charge in [-0.2, -0.15) is 9.90 Å². The molecule has 1 aromatic heterocycles. The molecular formula is C42H43N3O13. The van der Waals surface area contributed by atoms with Crippen molar-refractivity contribution in [3.63, 3.8) is 0 Å². The van der Waals surface area contributed by atoms with Gasteiger partial charge in [0, 0.05) is 30.5 Å². The number of carbonyl (C=O) groups is 2. The van der Waals surface area contributed by atoms with E-state index in [4.69, 9.17) is 23.5 Å². The predicted molar refractivity (Wildman–Crippen MR) is 204 cm³/mol. The summed E-state index contributed by atoms with van der Waals surface area (Å²) in [6.07, 6.45) is -1.28. The Morgan fingerprint density at radius 1 is 1.03 bits per heavy atom. The fourth-order valence-corrected chi connectivity index (χ4v) is 7.57. The van der Waals surface area contributed by atoms with Crippen molar-refractivity contribution < 1.29 is 63.7 Å². The first-order valence-corrected chi connectivity index (χ1v) is 18.6. The fraction of sp³-hybridized carbons (Fsp3) is 0.333. The average molecular weight is 798 g/mol. The molecule has 16 heteroatoms. The van der Waals surface area contributed by atoms with E-state index in [1.165, 1.54) is 43.6 Å². The highest BCUT2D eigenvalue weighted by Crippen LogP contribution is 2.31. The van der Waals surface area contributed by atoms with Gasteiger partial charge >= 0.3 is 5.97 Å². The van der Waals surface area contributed by atoms with Crippen LogP contribution in [-0.4, -0.2) is 95.1 Å². The molecule has 3 aliphatic rings. The van der Waals surface area contributed by atoms with Gasteiger partial charge in [0.15, 0.2) is 11.5 Å². The lowest BCUT2D eigenvalue weighted by Gasteiger charge is -2.41. The summed E-state index contributed by atoms with van der Waals surface area (Å²) in [5, 5.41) is 57.4. The number of aromatic hydroxyl groups is 1. The number of quaternary nitrogens is 1. The number of nitrogens with one attached hydrogen (secondary N) is 2. The van der Waals surface area contributed by atoms with Crippen LogP contribution in [0.3, 0.4) is 0 Å². The number of carbonyl (C=O) groups excluding carboxylic acids is 2. The lowest BCUT2D eigenvalue weighted by Crippen LogP contribution is -3.07. The summed E-state index contributed by atoms with van der Waals surface area (Å²) in [5.41, 5.74) is 5.06. The summed E-state index contributed by atoms with van der Waals surface area (Å²) in [7, 11) is 1.42. The largest absolute Gasteiger partial charge is 0.549 e. The van der Waals surface area contributed by atoms with E-state index in [-0.39, 0.29) is 39.9 Å². The first kappa shape index (κ1) is 40.5. The Hall–Kier alpha value is -5.72. The summed E-state index contributed by atoms with van der Waals surface area (Å²) < 4.78 is 23.6. The van der Waals surface area contributed by atoms with Crippen molar-refractivity contribution in [2.45, 2.75) is 63.1 Å². The van der Waals surface area contributed by atoms with Gasteiger partial charge in [0.2, 0.25) is 12.4 Å². The van der Waals surface area contributed by atoms with E-state index in [0.717, 1.165) is 28.0 Å². The highest BCUT2D eigenvalue weighted by atomic mass is 16.8. The standard InChI is InChI=1S/C42H43N3O13/c1-21-14-22(2)16-25(15-21)35-34-24(10-12-44-34)18-45(35)58-39-38(50)37(49)32(20-55-41(53)33(40(51)52)30(43-3)11-13-46)57-42(39)56-27-8-9-28-31(17-27)54-19-29(36(28)48)23-4-6-26(47)7-5-23/h4-10,12,14-19,30,32-33,35,37-39,42-43,46-47,49-50H,11,13,20H2,1-3H3,(H,51,52)/t30-,32+,33+,35?,37+,38-,39-,42+/m1/s1. The number of phenols is 1. The predicted octanol–water partition coefficient (Wildman–Crippen LogP) is 0.280. The zero-order chi connectivity index (χ0) is 41.2. The van der Waals surface area contributed by atoms with Gasteiger partial charge in [0.1, 0.15) is 66.1 Å². The van der Waals surface area contributed by atoms with Crippen molar-refractivity contribution in [3.05, 3.63) is 118 Å². The van der Waals surface area contributed by atoms with Crippen LogP contribution in [-0.2, 0) is 23.9 Å². The number of fused-ring (bicyclic) bond motifs is 2. The topological polar surface area (TPSA) is 234 Å². The smallest absolute Gasteiger partial charge is 0.316 e. The minimum Gasteiger partial charge on any atom is -0.549 e. The van der Waals surface area contributed by atoms with Crippen LogP contribution in [0.1, 0.15) is 29.2 Å². The van der Waals surface area contributed by atoms with Crippen molar-refractivity contribution in [1.82, 2.24) is 5.32 Å². The van der Waals surface area contributed by atoms with Crippen LogP contribution in [0, 0.1) is 19.8 Å². The number of carboxylic acids is 1. The molecule has 4 aromatic rings. The Balaban J connectivity index is 1.19. The van der Waals surface area contributed by atoms with Gasteiger partial charge in [-0.05, 0) is 75.4 Å². The van der Waals surface area contributed by atoms with Crippen molar-refractivity contribution in [1.29, 1.82) is 0 Å². The first-order chi connectivity index (χ1) is 27.9. The number of benzene rings is 3. The van der Waals surface area contributed by atoms with Crippen LogP contribution in [0.25, 0.3) is 22.1 Å². The van der Waals surface area contributed by atoms with Crippen molar-refractivity contribution >= 4 is 28.6 Å². The average Bonchev–Trinajstić information content (AvgIpc) is 3.78. The van der Waals surface area contributed by atoms with Crippen LogP contribution in [0.15, 0.2) is 105 Å². The maximum atomic E-state index is 13.5. The molecule has 2 unspecified atom stereocenters. The lowest BCUT2D eigenvalue weighted by atomic mass is 9.97. The van der Waals surface area contributed by atoms with E-state index in [1.807, 2.05) is 38.1 Å². The number of aliphatic imine (C=N–C) groups is 1. The van der Waals surface area contributed by atoms with Crippen molar-refractivity contribution in [2.24, 2.45) is 10.9 Å². The van der Waals surface area contributed by atoms with Crippen LogP contribution in [0.5, 0.6) is 11.5 Å². The van der Waals surface area contributed by atoms with E-state index >= 15 is 0 Å². The number of aliphatic hydroxyl groups is 3. The second-order valence-electron chi connectivity index (χ2n) is 14.4. The molecule has 3 aliphatic heterocycles. The summed E-state index contributed by atoms with van der Waals surface area (Å²) in [5.74, 6) is -4.59. The number of allylic oxidation sites excluding steroid dienone is 1. The molecule has 7 rings (SSSR count). The van der Waals surface area contributed by atoms with E-state index < -0.39 is 73.9 Å². The van der Waals surface area contributed by atoms with Gasteiger partial charge in [0.25, 0.3) is 0 Å². The molecule has 4 heterocycles. The minimum absolute atomic E-state index is 0.0420. The molecule has 0 aliphatic carbocycles. The van der Waals surface area contributed by atoms with Crippen LogP contribution < -0.4 is 25.7 Å². The third-order valence-electron chi connectivity index (χ3n) is 10.4. The maximum absolute atomic E-state index is 13.5. The highest BCUT2D eigenvalue weighted by molar-refractivity contribution is 6.08. The Kier molecular flexibility index (Phi) is 11.9. The number of aryl methyl sites for hydroxylation is 2. The molecule has 16 nitrogen and oxygen atoms in total. The van der Waals surface area contributed by atoms with Gasteiger partial charge in [-0.15, -0.1) is 0 Å². The number of hydrogen-bond donors (Lipinski definition) is 6. The summed E-state index contributed by atoms with van der Waals surface area (Å²) in [4.78, 5) is 49.6. The second kappa shape index (κ2) is 17.0. The number of phenolic OH excluding ortho intramolecular Hbond substituents is 1. The molecule has 0 bridgehead atoms. The number of nitrogens with zero attached hydrogens (tertiary/aromatic N) is 1. The zero-order valence-corrected chi connectivity index (χ0v) is 31.7. The molecule has 0 radical (unpaired) electrons. The first-order valence-electron chi connectivity index (χ1n) is 18.6. The molecule has 0 spiro atoms. The number of rotatable bonds is 14. The van der Waals surface area contributed by atoms with Crippen LogP contribution in [0.2, 0.25) is 0 Å². The molecule has 58 heavy (non-hydrogen) atoms. The monoisotopic (exact) mass is 797 g/mol. The number of aliphatic hydroxyl groups excluding tert-OH is 3. The molecule has 304 valence electrons. The van der Waals surface area contributed by atoms with Crippen LogP contribution >= 0.6 is 0 Å². The van der Waals surface area contributed by atoms with Gasteiger partial charge < -0.3 is 54.3 Å². The summed E-state index contributed by atoms with van der Waals surface area (Å²) in [6, 6.07) is 15.1. The lowest BCUT2D eigenvalue weighted by molar-refractivity contribution is -1.07. The molecule has 3 aromatic carbocycles. The second-order valence-corrected chi connectivity index (χ2v) is 14.4. The molecule has 1 saturated heterocycles. The molecule has 1 fully saturated rings. The number of aliphatic carboxylic acids is 1. The number of esters is 1. The number of hydroxylamine groups is 2. The van der Waals surface area contributed by atoms with E-state index in [9.17, 15) is 39.9 Å². The Morgan fingerprint density at radius 2 is 1.78 bits per heavy atom. The number of carboxylic acid groups (broad SMARTS) is 1. The molecule has 9 atom stereocenters. The Morgan fingerprint density at radius 3 is 2.47 bits per heavy atom. The Bertz CT molecular complexity index is 2320. The minimum atomic E-state index is -1.81. The quantitative estimate of drug-likeness (QED) is 0.0744. The van der Waals surface area contributed by atoms with Gasteiger partial charge in [-0.1, -0.05) is 29.3 Å². The van der Waals surface area contributed by atoms with Gasteiger partial charge in [-0.3, -0.25) is 14.6 Å². The fourth-order valence-electron chi connectivity index (χ4n) is 7.57. The van der Waals surface area contributed by atoms with Gasteiger partial charge in [-0.25, -0.2) is 0 Å². The van der Waals surface area contributed by atoms with Crippen molar-refractivity contribution in [3.8, 4) is 22.6 Å². The number of hydrogen-bond acceptors (Lipinski definition) is 15. The van der Waals surface area contributed by atoms with E-state index in [1.54, 1.807) is 24.5 Å². The maximum Gasteiger partial charge on any atom is 0.316 e. The van der Waals surface area contributed by atoms with E-state index in [2.05, 4.69) is 10.3 Å². The zero-order valence-electron chi connectivity index (χ0n) is 31.7. The van der Waals surface area contributed by atoms with Crippen LogP contribution in [0.4, 0.5) is 0 Å². The normalized spacial score (nSPS) is 24.8. The SMILES string of the molecule is CN[C@H](CCO)[C@@H](C(=O)[O-])C(=O)OC[C@@H]1O[C@H](Oc2ccc3c(=O)c(-c4ccc(O)cc4)coc3c2)[C@H](O[NH+]2C=C3C=CN=C3C2c2cc(C)cc(C)c2)[C@H](O)[C@H]1O. The third kappa shape index (κ3) is 8.17. The highest BCUT2D eigenvalue weighted by Gasteiger charge is 2.52. The molecule has 0 amide bonds. The van der Waals surface area contributed by atoms with Gasteiger partial charge in [0.05, 0.1) is 22.5 Å². The Labute approximate surface area is 331 Å². The molecular weight excluding hydrogens is 754 g/mol. The number of ether oxygens (including phenoxy) is 3. The van der Waals surface area contributed by atoms with Crippen molar-refractivity contribution in [2.75, 3.05) is 20.3 Å². The third-order valence-corrected chi connectivity index (χ3v) is 10.4. The summed E-state index contributed by atoms with van der Waals surface area (Å²) >= 11 is 0. The molecule has 0 saturated carbocycles.